The fourth-order valence-corrected chi connectivity index (χ4v) is 3.27. The topological polar surface area (TPSA) is 97.6 Å². The molecule has 1 fully saturated rings. The van der Waals surface area contributed by atoms with Gasteiger partial charge in [-0.1, -0.05) is 36.2 Å². The van der Waals surface area contributed by atoms with Gasteiger partial charge < -0.3 is 14.7 Å². The monoisotopic (exact) mass is 398 g/mol. The number of carboxylic acids is 1. The zero-order chi connectivity index (χ0) is 18.8. The van der Waals surface area contributed by atoms with Crippen LogP contribution in [0.4, 0.5) is 0 Å². The highest BCUT2D eigenvalue weighted by Crippen LogP contribution is 2.29. The van der Waals surface area contributed by atoms with Crippen molar-refractivity contribution in [2.45, 2.75) is 19.4 Å². The maximum atomic E-state index is 12.8. The van der Waals surface area contributed by atoms with Gasteiger partial charge in [-0.15, -0.1) is 5.10 Å². The molecule has 1 atom stereocenters. The van der Waals surface area contributed by atoms with Crippen LogP contribution in [0.1, 0.15) is 23.4 Å². The van der Waals surface area contributed by atoms with E-state index in [-0.39, 0.29) is 25.6 Å². The Kier molecular flexibility index (Phi) is 5.45. The summed E-state index contributed by atoms with van der Waals surface area (Å²) in [6.45, 7) is 2.19. The molecule has 0 aliphatic carbocycles. The molecule has 0 saturated carbocycles. The highest BCUT2D eigenvalue weighted by molar-refractivity contribution is 6.37. The predicted molar refractivity (Wildman–Crippen MR) is 94.0 cm³/mol. The van der Waals surface area contributed by atoms with Crippen LogP contribution in [-0.2, 0) is 16.0 Å². The highest BCUT2D eigenvalue weighted by atomic mass is 35.5. The Morgan fingerprint density at radius 3 is 2.65 bits per heavy atom. The van der Waals surface area contributed by atoms with E-state index in [0.717, 1.165) is 0 Å². The molecular formula is C16H16Cl2N4O4. The number of amides is 1. The molecule has 1 aliphatic heterocycles. The molecule has 8 nitrogen and oxygen atoms in total. The summed E-state index contributed by atoms with van der Waals surface area (Å²) in [6, 6.07) is 3.95. The van der Waals surface area contributed by atoms with Crippen molar-refractivity contribution >= 4 is 35.1 Å². The Morgan fingerprint density at radius 2 is 2.04 bits per heavy atom. The first kappa shape index (κ1) is 18.6. The lowest BCUT2D eigenvalue weighted by Gasteiger charge is -2.31. The van der Waals surface area contributed by atoms with Crippen molar-refractivity contribution < 1.29 is 19.4 Å². The predicted octanol–water partition coefficient (Wildman–Crippen LogP) is 2.06. The zero-order valence-corrected chi connectivity index (χ0v) is 15.4. The van der Waals surface area contributed by atoms with Crippen molar-refractivity contribution in [2.24, 2.45) is 0 Å². The molecular weight excluding hydrogens is 383 g/mol. The van der Waals surface area contributed by atoms with Gasteiger partial charge in [-0.25, -0.2) is 14.5 Å². The molecule has 138 valence electrons. The average molecular weight is 399 g/mol. The minimum atomic E-state index is -1.14. The quantitative estimate of drug-likeness (QED) is 0.846. The van der Waals surface area contributed by atoms with Gasteiger partial charge in [0.15, 0.2) is 6.04 Å². The number of ether oxygens (including phenoxy) is 1. The summed E-state index contributed by atoms with van der Waals surface area (Å²) >= 11 is 12.5. The van der Waals surface area contributed by atoms with Crippen LogP contribution in [0.15, 0.2) is 18.2 Å². The number of halogens is 2. The van der Waals surface area contributed by atoms with Crippen molar-refractivity contribution in [3.63, 3.8) is 0 Å². The second kappa shape index (κ2) is 7.61. The molecule has 10 heteroatoms. The highest BCUT2D eigenvalue weighted by Gasteiger charge is 2.35. The van der Waals surface area contributed by atoms with E-state index in [1.807, 2.05) is 6.92 Å². The number of carbonyl (C=O) groups excluding carboxylic acids is 1. The largest absolute Gasteiger partial charge is 0.480 e. The molecule has 1 N–H and O–H groups in total. The number of hydrogen-bond acceptors (Lipinski definition) is 5. The molecule has 0 unspecified atom stereocenters. The molecule has 1 amide bonds. The smallest absolute Gasteiger partial charge is 0.328 e. The Labute approximate surface area is 159 Å². The molecule has 1 aromatic heterocycles. The van der Waals surface area contributed by atoms with Gasteiger partial charge in [0.05, 0.1) is 23.3 Å². The van der Waals surface area contributed by atoms with Crippen molar-refractivity contribution in [3.05, 3.63) is 39.9 Å². The number of carbonyl (C=O) groups is 2. The van der Waals surface area contributed by atoms with E-state index in [1.165, 1.54) is 9.58 Å². The van der Waals surface area contributed by atoms with E-state index in [4.69, 9.17) is 27.9 Å². The van der Waals surface area contributed by atoms with Crippen molar-refractivity contribution in [1.82, 2.24) is 19.7 Å². The normalized spacial score (nSPS) is 17.3. The van der Waals surface area contributed by atoms with E-state index in [0.29, 0.717) is 28.0 Å². The van der Waals surface area contributed by atoms with Gasteiger partial charge in [-0.3, -0.25) is 4.79 Å². The van der Waals surface area contributed by atoms with Crippen molar-refractivity contribution in [2.75, 3.05) is 19.8 Å². The lowest BCUT2D eigenvalue weighted by molar-refractivity contribution is -0.147. The van der Waals surface area contributed by atoms with Crippen LogP contribution in [-0.4, -0.2) is 62.4 Å². The van der Waals surface area contributed by atoms with Crippen LogP contribution in [0.2, 0.25) is 10.0 Å². The van der Waals surface area contributed by atoms with Crippen LogP contribution in [0.5, 0.6) is 0 Å². The van der Waals surface area contributed by atoms with Gasteiger partial charge in [-0.05, 0) is 12.1 Å². The lowest BCUT2D eigenvalue weighted by Crippen LogP contribution is -2.52. The molecule has 26 heavy (non-hydrogen) atoms. The zero-order valence-electron chi connectivity index (χ0n) is 13.9. The number of aromatic nitrogens is 3. The average Bonchev–Trinajstić information content (AvgIpc) is 3.05. The third kappa shape index (κ3) is 3.40. The van der Waals surface area contributed by atoms with Gasteiger partial charge in [0.2, 0.25) is 5.82 Å². The third-order valence-corrected chi connectivity index (χ3v) is 4.62. The van der Waals surface area contributed by atoms with Crippen LogP contribution in [0.25, 0.3) is 5.69 Å². The first-order valence-corrected chi connectivity index (χ1v) is 8.71. The summed E-state index contributed by atoms with van der Waals surface area (Å²) in [4.78, 5) is 29.7. The molecule has 3 rings (SSSR count). The molecule has 1 aromatic carbocycles. The Hall–Kier alpha value is -2.16. The number of aryl methyl sites for hydroxylation is 1. The van der Waals surface area contributed by atoms with E-state index in [2.05, 4.69) is 10.1 Å². The molecule has 0 bridgehead atoms. The molecule has 1 aliphatic rings. The lowest BCUT2D eigenvalue weighted by atomic mass is 10.2. The number of rotatable bonds is 4. The Bertz CT molecular complexity index is 835. The van der Waals surface area contributed by atoms with E-state index in [9.17, 15) is 14.7 Å². The molecule has 2 heterocycles. The number of morpholine rings is 1. The Morgan fingerprint density at radius 1 is 1.35 bits per heavy atom. The number of hydrogen-bond donors (Lipinski definition) is 1. The van der Waals surface area contributed by atoms with Crippen LogP contribution >= 0.6 is 23.2 Å². The van der Waals surface area contributed by atoms with Gasteiger partial charge in [0, 0.05) is 13.0 Å². The SMILES string of the molecule is CCc1nc(C(=O)N2CCOC[C@@H]2C(=O)O)nn1-c1c(Cl)cccc1Cl. The minimum Gasteiger partial charge on any atom is -0.480 e. The van der Waals surface area contributed by atoms with Crippen LogP contribution < -0.4 is 0 Å². The second-order valence-corrected chi connectivity index (χ2v) is 6.43. The second-order valence-electron chi connectivity index (χ2n) is 5.61. The third-order valence-electron chi connectivity index (χ3n) is 4.01. The maximum absolute atomic E-state index is 12.8. The summed E-state index contributed by atoms with van der Waals surface area (Å²) in [5, 5.41) is 14.3. The van der Waals surface area contributed by atoms with E-state index >= 15 is 0 Å². The van der Waals surface area contributed by atoms with Crippen molar-refractivity contribution in [3.8, 4) is 5.69 Å². The standard InChI is InChI=1S/C16H16Cl2N4O4/c1-2-12-19-14(15(23)21-6-7-26-8-11(21)16(24)25)20-22(12)13-9(17)4-3-5-10(13)18/h3-5,11H,2,6-8H2,1H3,(H,24,25)/t11-/m1/s1. The van der Waals surface area contributed by atoms with Gasteiger partial charge >= 0.3 is 5.97 Å². The van der Waals surface area contributed by atoms with Gasteiger partial charge in [0.1, 0.15) is 11.5 Å². The number of aliphatic carboxylic acids is 1. The van der Waals surface area contributed by atoms with Crippen molar-refractivity contribution in [1.29, 1.82) is 0 Å². The fourth-order valence-electron chi connectivity index (χ4n) is 2.71. The summed E-state index contributed by atoms with van der Waals surface area (Å²) in [7, 11) is 0. The van der Waals surface area contributed by atoms with Gasteiger partial charge in [-0.2, -0.15) is 0 Å². The number of para-hydroxylation sites is 1. The van der Waals surface area contributed by atoms with Crippen LogP contribution in [0, 0.1) is 0 Å². The first-order valence-electron chi connectivity index (χ1n) is 7.95. The van der Waals surface area contributed by atoms with E-state index in [1.54, 1.807) is 18.2 Å². The summed E-state index contributed by atoms with van der Waals surface area (Å²) in [5.74, 6) is -1.32. The minimum absolute atomic E-state index is 0.0707. The molecule has 1 saturated heterocycles. The Balaban J connectivity index is 2.01. The van der Waals surface area contributed by atoms with Gasteiger partial charge in [0.25, 0.3) is 5.91 Å². The summed E-state index contributed by atoms with van der Waals surface area (Å²) in [6.07, 6.45) is 0.479. The number of nitrogens with zero attached hydrogens (tertiary/aromatic N) is 4. The molecule has 0 radical (unpaired) electrons. The summed E-state index contributed by atoms with van der Waals surface area (Å²) < 4.78 is 6.58. The fraction of sp³-hybridized carbons (Fsp3) is 0.375. The summed E-state index contributed by atoms with van der Waals surface area (Å²) in [5.41, 5.74) is 0.427. The molecule has 0 spiro atoms. The maximum Gasteiger partial charge on any atom is 0.328 e. The van der Waals surface area contributed by atoms with E-state index < -0.39 is 17.9 Å². The van der Waals surface area contributed by atoms with Crippen LogP contribution in [0.3, 0.4) is 0 Å². The number of carboxylic acid groups (broad SMARTS) is 1. The molecule has 2 aromatic rings. The number of benzene rings is 1. The first-order chi connectivity index (χ1) is 12.4.